The highest BCUT2D eigenvalue weighted by Crippen LogP contribution is 2.63. The third-order valence-electron chi connectivity index (χ3n) is 2.07. The molecule has 2 N–H and O–H groups in total. The summed E-state index contributed by atoms with van der Waals surface area (Å²) in [6, 6.07) is 0. The van der Waals surface area contributed by atoms with E-state index in [1.807, 2.05) is 6.92 Å². The number of alkyl halides is 2. The van der Waals surface area contributed by atoms with Crippen molar-refractivity contribution in [1.29, 1.82) is 0 Å². The van der Waals surface area contributed by atoms with Crippen molar-refractivity contribution in [2.45, 2.75) is 24.9 Å². The lowest BCUT2D eigenvalue weighted by Gasteiger charge is -2.06. The van der Waals surface area contributed by atoms with E-state index in [0.717, 1.165) is 0 Å². The Hall–Kier alpha value is 0.180. The van der Waals surface area contributed by atoms with Crippen LogP contribution in [-0.4, -0.2) is 11.7 Å². The zero-order chi connectivity index (χ0) is 7.12. The molecule has 0 saturated heterocycles. The van der Waals surface area contributed by atoms with E-state index in [1.54, 1.807) is 0 Å². The van der Waals surface area contributed by atoms with Gasteiger partial charge < -0.3 is 5.73 Å². The van der Waals surface area contributed by atoms with Crippen molar-refractivity contribution in [3.05, 3.63) is 0 Å². The van der Waals surface area contributed by atoms with E-state index in [9.17, 15) is 4.39 Å². The molecular weight excluding hydrogens is 141 g/mol. The van der Waals surface area contributed by atoms with E-state index in [2.05, 4.69) is 0 Å². The van der Waals surface area contributed by atoms with Gasteiger partial charge in [0.15, 0.2) is 5.13 Å². The second-order valence-corrected chi connectivity index (χ2v) is 3.58. The van der Waals surface area contributed by atoms with Crippen LogP contribution in [0.15, 0.2) is 0 Å². The number of hydrogen-bond acceptors (Lipinski definition) is 1. The molecule has 0 aromatic heterocycles. The molecule has 1 aliphatic carbocycles. The van der Waals surface area contributed by atoms with Crippen LogP contribution in [0.5, 0.6) is 0 Å². The maximum Gasteiger partial charge on any atom is 0.189 e. The average Bonchev–Trinajstić information content (AvgIpc) is 2.07. The van der Waals surface area contributed by atoms with Gasteiger partial charge in [0.2, 0.25) is 0 Å². The van der Waals surface area contributed by atoms with E-state index in [0.29, 0.717) is 19.4 Å². The van der Waals surface area contributed by atoms with Crippen LogP contribution in [0.4, 0.5) is 4.39 Å². The Morgan fingerprint density at radius 3 is 2.33 bits per heavy atom. The van der Waals surface area contributed by atoms with Crippen LogP contribution in [0, 0.1) is 5.41 Å². The summed E-state index contributed by atoms with van der Waals surface area (Å²) < 4.78 is 12.7. The van der Waals surface area contributed by atoms with Gasteiger partial charge in [0, 0.05) is 11.8 Å². The average molecular weight is 152 g/mol. The normalized spacial score (nSPS) is 49.3. The van der Waals surface area contributed by atoms with Gasteiger partial charge in [0.25, 0.3) is 0 Å². The molecule has 0 aromatic rings. The van der Waals surface area contributed by atoms with E-state index in [1.165, 1.54) is 0 Å². The molecule has 0 bridgehead atoms. The van der Waals surface area contributed by atoms with Gasteiger partial charge in [-0.3, -0.25) is 0 Å². The molecule has 0 heterocycles. The number of hydrogen-bond donors (Lipinski definition) is 1. The predicted molar refractivity (Wildman–Crippen MR) is 36.1 cm³/mol. The van der Waals surface area contributed by atoms with Crippen LogP contribution in [0.25, 0.3) is 0 Å². The Labute approximate surface area is 59.4 Å². The smallest absolute Gasteiger partial charge is 0.189 e. The quantitative estimate of drug-likeness (QED) is 0.597. The number of halogens is 2. The minimum atomic E-state index is -1.45. The predicted octanol–water partition coefficient (Wildman–Crippen LogP) is 1.65. The molecular formula is C6H11ClFN. The van der Waals surface area contributed by atoms with E-state index in [4.69, 9.17) is 17.3 Å². The first-order valence-corrected chi connectivity index (χ1v) is 3.47. The van der Waals surface area contributed by atoms with Crippen molar-refractivity contribution in [2.24, 2.45) is 11.1 Å². The van der Waals surface area contributed by atoms with Crippen LogP contribution in [0.3, 0.4) is 0 Å². The maximum atomic E-state index is 12.7. The van der Waals surface area contributed by atoms with E-state index >= 15 is 0 Å². The fraction of sp³-hybridized carbons (Fsp3) is 1.00. The molecule has 1 rings (SSSR count). The van der Waals surface area contributed by atoms with Gasteiger partial charge in [0.05, 0.1) is 0 Å². The van der Waals surface area contributed by atoms with Gasteiger partial charge in [-0.1, -0.05) is 18.5 Å². The molecule has 1 saturated carbocycles. The van der Waals surface area contributed by atoms with Crippen molar-refractivity contribution in [1.82, 2.24) is 0 Å². The molecule has 0 unspecified atom stereocenters. The maximum absolute atomic E-state index is 12.7. The SMILES string of the molecule is C[C@@]1(CCN)C[C@]1(F)Cl. The van der Waals surface area contributed by atoms with Crippen LogP contribution >= 0.6 is 11.6 Å². The molecule has 0 spiro atoms. The van der Waals surface area contributed by atoms with Crippen molar-refractivity contribution < 1.29 is 4.39 Å². The fourth-order valence-corrected chi connectivity index (χ4v) is 1.43. The van der Waals surface area contributed by atoms with Gasteiger partial charge in [-0.15, -0.1) is 0 Å². The zero-order valence-corrected chi connectivity index (χ0v) is 6.21. The van der Waals surface area contributed by atoms with Crippen LogP contribution in [-0.2, 0) is 0 Å². The topological polar surface area (TPSA) is 26.0 Å². The first-order valence-electron chi connectivity index (χ1n) is 3.10. The summed E-state index contributed by atoms with van der Waals surface area (Å²) in [6.45, 7) is 2.35. The molecule has 9 heavy (non-hydrogen) atoms. The Kier molecular flexibility index (Phi) is 1.48. The molecule has 0 aliphatic heterocycles. The van der Waals surface area contributed by atoms with E-state index in [-0.39, 0.29) is 5.41 Å². The summed E-state index contributed by atoms with van der Waals surface area (Å²) in [5.41, 5.74) is 4.92. The van der Waals surface area contributed by atoms with Crippen molar-refractivity contribution in [2.75, 3.05) is 6.54 Å². The summed E-state index contributed by atoms with van der Waals surface area (Å²) in [6.07, 6.45) is 1.14. The number of rotatable bonds is 2. The summed E-state index contributed by atoms with van der Waals surface area (Å²) in [5.74, 6) is 0. The molecule has 1 nitrogen and oxygen atoms in total. The second-order valence-electron chi connectivity index (χ2n) is 2.98. The summed E-state index contributed by atoms with van der Waals surface area (Å²) in [7, 11) is 0. The van der Waals surface area contributed by atoms with Crippen LogP contribution < -0.4 is 5.73 Å². The Morgan fingerprint density at radius 2 is 2.22 bits per heavy atom. The third-order valence-corrected chi connectivity index (χ3v) is 2.66. The van der Waals surface area contributed by atoms with Gasteiger partial charge in [-0.25, -0.2) is 4.39 Å². The second kappa shape index (κ2) is 1.83. The highest BCUT2D eigenvalue weighted by atomic mass is 35.5. The monoisotopic (exact) mass is 151 g/mol. The van der Waals surface area contributed by atoms with Crippen molar-refractivity contribution >= 4 is 11.6 Å². The molecule has 3 heteroatoms. The third kappa shape index (κ3) is 1.06. The van der Waals surface area contributed by atoms with Crippen LogP contribution in [0.1, 0.15) is 19.8 Å². The van der Waals surface area contributed by atoms with Gasteiger partial charge in [-0.05, 0) is 13.0 Å². The molecule has 0 aromatic carbocycles. The molecule has 0 radical (unpaired) electrons. The molecule has 0 amide bonds. The fourth-order valence-electron chi connectivity index (χ4n) is 1.04. The summed E-state index contributed by atoms with van der Waals surface area (Å²) in [4.78, 5) is 0. The molecule has 1 fully saturated rings. The van der Waals surface area contributed by atoms with Crippen LogP contribution in [0.2, 0.25) is 0 Å². The molecule has 54 valence electrons. The molecule has 2 atom stereocenters. The molecule has 1 aliphatic rings. The van der Waals surface area contributed by atoms with Crippen molar-refractivity contribution in [3.8, 4) is 0 Å². The van der Waals surface area contributed by atoms with E-state index < -0.39 is 5.13 Å². The summed E-state index contributed by atoms with van der Waals surface area (Å²) >= 11 is 5.40. The Balaban J connectivity index is 2.42. The highest BCUT2D eigenvalue weighted by Gasteiger charge is 2.64. The number of nitrogens with two attached hydrogens (primary N) is 1. The highest BCUT2D eigenvalue weighted by molar-refractivity contribution is 6.25. The minimum absolute atomic E-state index is 0.330. The lowest BCUT2D eigenvalue weighted by Crippen LogP contribution is -2.11. The zero-order valence-electron chi connectivity index (χ0n) is 5.45. The largest absolute Gasteiger partial charge is 0.330 e. The standard InChI is InChI=1S/C6H11ClFN/c1-5(2-3-9)4-6(5,7)8/h2-4,9H2,1H3/t5-,6-/m1/s1. The lowest BCUT2D eigenvalue weighted by molar-refractivity contribution is 0.323. The first-order chi connectivity index (χ1) is 4.02. The first kappa shape index (κ1) is 7.29. The Morgan fingerprint density at radius 1 is 1.78 bits per heavy atom. The van der Waals surface area contributed by atoms with Crippen molar-refractivity contribution in [3.63, 3.8) is 0 Å². The Bertz CT molecular complexity index is 126. The van der Waals surface area contributed by atoms with Gasteiger partial charge in [0.1, 0.15) is 0 Å². The summed E-state index contributed by atoms with van der Waals surface area (Å²) in [5, 5.41) is -1.45. The van der Waals surface area contributed by atoms with Gasteiger partial charge >= 0.3 is 0 Å². The minimum Gasteiger partial charge on any atom is -0.330 e. The lowest BCUT2D eigenvalue weighted by atomic mass is 10.1. The van der Waals surface area contributed by atoms with Gasteiger partial charge in [-0.2, -0.15) is 0 Å².